The number of carboxylic acids is 1. The van der Waals surface area contributed by atoms with Gasteiger partial charge in [0, 0.05) is 6.42 Å². The van der Waals surface area contributed by atoms with E-state index in [1.807, 2.05) is 6.08 Å². The first-order valence-electron chi connectivity index (χ1n) is 12.7. The molecule has 190 valence electrons. The van der Waals surface area contributed by atoms with Gasteiger partial charge in [0.1, 0.15) is 12.2 Å². The summed E-state index contributed by atoms with van der Waals surface area (Å²) in [6.07, 6.45) is 11.9. The Kier molecular flexibility index (Phi) is 9.33. The molecule has 6 heteroatoms. The van der Waals surface area contributed by atoms with Crippen molar-refractivity contribution in [1.29, 1.82) is 0 Å². The van der Waals surface area contributed by atoms with E-state index in [-0.39, 0.29) is 25.0 Å². The maximum Gasteiger partial charge on any atom is 0.305 e. The van der Waals surface area contributed by atoms with Crippen molar-refractivity contribution in [3.8, 4) is 0 Å². The summed E-state index contributed by atoms with van der Waals surface area (Å²) in [5.74, 6) is 0.603. The van der Waals surface area contributed by atoms with Gasteiger partial charge in [-0.05, 0) is 61.5 Å². The van der Waals surface area contributed by atoms with E-state index in [1.165, 1.54) is 11.1 Å². The fourth-order valence-corrected chi connectivity index (χ4v) is 5.22. The molecule has 0 aromatic rings. The maximum absolute atomic E-state index is 11.0. The summed E-state index contributed by atoms with van der Waals surface area (Å²) in [5, 5.41) is 29.3. The fraction of sp³-hybridized carbons (Fsp3) is 0.679. The van der Waals surface area contributed by atoms with Crippen LogP contribution in [0.25, 0.3) is 0 Å². The molecule has 0 unspecified atom stereocenters. The number of allylic oxidation sites excluding steroid dienone is 4. The van der Waals surface area contributed by atoms with Crippen molar-refractivity contribution < 1.29 is 29.6 Å². The van der Waals surface area contributed by atoms with Gasteiger partial charge in [-0.2, -0.15) is 0 Å². The van der Waals surface area contributed by atoms with E-state index in [0.29, 0.717) is 23.7 Å². The van der Waals surface area contributed by atoms with E-state index in [0.717, 1.165) is 12.8 Å². The lowest BCUT2D eigenvalue weighted by molar-refractivity contribution is -0.163. The zero-order valence-corrected chi connectivity index (χ0v) is 21.1. The molecule has 2 heterocycles. The standard InChI is InChI=1S/C28H42O6/c1-6-24-17(3)8-11-25(34-24)18(4)13-16(2)7-9-21-19(5)22(21)10-12-26-28(32)23(29)14-20(33-26)15-27(30)31/h7-10,12-13,16,19-26,28-29,32H,6,11,14-15H2,1-5H3,(H,30,31)/b9-7+,12-10+,18-13+/t16-,19+,20+,21+,22-,23+,24+,25-,26+,28-/m1/s1. The molecule has 0 radical (unpaired) electrons. The summed E-state index contributed by atoms with van der Waals surface area (Å²) in [7, 11) is 0. The summed E-state index contributed by atoms with van der Waals surface area (Å²) in [6, 6.07) is 0. The molecule has 3 rings (SSSR count). The van der Waals surface area contributed by atoms with Gasteiger partial charge in [0.2, 0.25) is 0 Å². The van der Waals surface area contributed by atoms with Crippen molar-refractivity contribution in [3.05, 3.63) is 47.6 Å². The quantitative estimate of drug-likeness (QED) is 0.428. The Labute approximate surface area is 204 Å². The molecular formula is C28H42O6. The molecule has 3 N–H and O–H groups in total. The number of aliphatic hydroxyl groups is 2. The molecular weight excluding hydrogens is 432 g/mol. The van der Waals surface area contributed by atoms with Gasteiger partial charge in [-0.3, -0.25) is 4.79 Å². The highest BCUT2D eigenvalue weighted by molar-refractivity contribution is 5.67. The SMILES string of the molecule is CC[C@@H]1O[C@@H](/C(C)=C/[C@H](C)/C=C/[C@H]2[C@H](C)[C@H]2/C=C/[C@@H]2O[C@H](CC(=O)O)C[C@H](O)[C@H]2O)CC=C1C. The first-order chi connectivity index (χ1) is 16.1. The number of hydrogen-bond acceptors (Lipinski definition) is 5. The lowest BCUT2D eigenvalue weighted by atomic mass is 9.95. The van der Waals surface area contributed by atoms with Gasteiger partial charge in [0.25, 0.3) is 0 Å². The first kappa shape index (κ1) is 26.9. The highest BCUT2D eigenvalue weighted by Gasteiger charge is 2.43. The molecule has 0 aromatic heterocycles. The number of aliphatic hydroxyl groups excluding tert-OH is 2. The van der Waals surface area contributed by atoms with E-state index >= 15 is 0 Å². The van der Waals surface area contributed by atoms with Crippen LogP contribution in [0.1, 0.15) is 60.3 Å². The summed E-state index contributed by atoms with van der Waals surface area (Å²) < 4.78 is 12.0. The lowest BCUT2D eigenvalue weighted by Gasteiger charge is -2.35. The Bertz CT molecular complexity index is 827. The minimum absolute atomic E-state index is 0.134. The van der Waals surface area contributed by atoms with Crippen molar-refractivity contribution in [2.75, 3.05) is 0 Å². The van der Waals surface area contributed by atoms with Crippen LogP contribution in [0.3, 0.4) is 0 Å². The van der Waals surface area contributed by atoms with E-state index in [4.69, 9.17) is 14.6 Å². The zero-order chi connectivity index (χ0) is 25.0. The van der Waals surface area contributed by atoms with Crippen LogP contribution in [-0.4, -0.2) is 57.9 Å². The molecule has 1 saturated heterocycles. The minimum Gasteiger partial charge on any atom is -0.481 e. The van der Waals surface area contributed by atoms with Crippen LogP contribution in [0.2, 0.25) is 0 Å². The second-order valence-electron chi connectivity index (χ2n) is 10.4. The van der Waals surface area contributed by atoms with Gasteiger partial charge >= 0.3 is 5.97 Å². The number of carbonyl (C=O) groups is 1. The highest BCUT2D eigenvalue weighted by Crippen LogP contribution is 2.48. The second-order valence-corrected chi connectivity index (χ2v) is 10.4. The molecule has 0 aromatic carbocycles. The minimum atomic E-state index is -1.04. The average molecular weight is 475 g/mol. The van der Waals surface area contributed by atoms with Gasteiger partial charge in [0.15, 0.2) is 0 Å². The summed E-state index contributed by atoms with van der Waals surface area (Å²) >= 11 is 0. The van der Waals surface area contributed by atoms with Crippen molar-refractivity contribution in [2.45, 2.75) is 96.9 Å². The van der Waals surface area contributed by atoms with E-state index in [2.05, 4.69) is 58.9 Å². The third-order valence-electron chi connectivity index (χ3n) is 7.56. The highest BCUT2D eigenvalue weighted by atomic mass is 16.5. The van der Waals surface area contributed by atoms with E-state index < -0.39 is 30.4 Å². The summed E-state index contributed by atoms with van der Waals surface area (Å²) in [5.41, 5.74) is 2.61. The number of carboxylic acid groups (broad SMARTS) is 1. The molecule has 0 amide bonds. The van der Waals surface area contributed by atoms with Crippen molar-refractivity contribution in [2.24, 2.45) is 23.7 Å². The molecule has 10 atom stereocenters. The molecule has 1 saturated carbocycles. The Morgan fingerprint density at radius 2 is 1.91 bits per heavy atom. The van der Waals surface area contributed by atoms with Crippen LogP contribution in [0.4, 0.5) is 0 Å². The molecule has 0 bridgehead atoms. The predicted octanol–water partition coefficient (Wildman–Crippen LogP) is 4.43. The van der Waals surface area contributed by atoms with Gasteiger partial charge in [-0.15, -0.1) is 0 Å². The summed E-state index contributed by atoms with van der Waals surface area (Å²) in [4.78, 5) is 11.0. The Balaban J connectivity index is 1.53. The maximum atomic E-state index is 11.0. The van der Waals surface area contributed by atoms with Crippen LogP contribution in [-0.2, 0) is 14.3 Å². The van der Waals surface area contributed by atoms with Crippen LogP contribution in [0.15, 0.2) is 47.6 Å². The van der Waals surface area contributed by atoms with Crippen molar-refractivity contribution in [3.63, 3.8) is 0 Å². The van der Waals surface area contributed by atoms with Gasteiger partial charge in [-0.25, -0.2) is 0 Å². The molecule has 2 aliphatic heterocycles. The van der Waals surface area contributed by atoms with E-state index in [1.54, 1.807) is 6.08 Å². The predicted molar refractivity (Wildman–Crippen MR) is 132 cm³/mol. The molecule has 2 fully saturated rings. The Morgan fingerprint density at radius 1 is 1.21 bits per heavy atom. The van der Waals surface area contributed by atoms with Crippen LogP contribution in [0, 0.1) is 23.7 Å². The van der Waals surface area contributed by atoms with Crippen LogP contribution < -0.4 is 0 Å². The normalized spacial score (nSPS) is 39.9. The topological polar surface area (TPSA) is 96.2 Å². The Hall–Kier alpha value is -1.73. The Morgan fingerprint density at radius 3 is 2.59 bits per heavy atom. The molecule has 34 heavy (non-hydrogen) atoms. The molecule has 3 aliphatic rings. The van der Waals surface area contributed by atoms with E-state index in [9.17, 15) is 15.0 Å². The number of hydrogen-bond donors (Lipinski definition) is 3. The zero-order valence-electron chi connectivity index (χ0n) is 21.1. The second kappa shape index (κ2) is 11.8. The average Bonchev–Trinajstić information content (AvgIpc) is 3.40. The lowest BCUT2D eigenvalue weighted by Crippen LogP contribution is -2.47. The van der Waals surface area contributed by atoms with Crippen LogP contribution in [0.5, 0.6) is 0 Å². The largest absolute Gasteiger partial charge is 0.481 e. The number of rotatable bonds is 9. The van der Waals surface area contributed by atoms with Crippen LogP contribution >= 0.6 is 0 Å². The number of ether oxygens (including phenoxy) is 2. The third kappa shape index (κ3) is 6.91. The first-order valence-corrected chi connectivity index (χ1v) is 12.7. The molecule has 1 aliphatic carbocycles. The van der Waals surface area contributed by atoms with Crippen molar-refractivity contribution in [1.82, 2.24) is 0 Å². The molecule has 6 nitrogen and oxygen atoms in total. The number of aliphatic carboxylic acids is 1. The smallest absolute Gasteiger partial charge is 0.305 e. The van der Waals surface area contributed by atoms with Gasteiger partial charge in [-0.1, -0.05) is 57.2 Å². The van der Waals surface area contributed by atoms with Gasteiger partial charge in [0.05, 0.1) is 30.8 Å². The monoisotopic (exact) mass is 474 g/mol. The molecule has 0 spiro atoms. The summed E-state index contributed by atoms with van der Waals surface area (Å²) in [6.45, 7) is 10.9. The fourth-order valence-electron chi connectivity index (χ4n) is 5.22. The van der Waals surface area contributed by atoms with Gasteiger partial charge < -0.3 is 24.8 Å². The van der Waals surface area contributed by atoms with Crippen molar-refractivity contribution >= 4 is 5.97 Å². The third-order valence-corrected chi connectivity index (χ3v) is 7.56.